The molecule has 3 heteroatoms. The Morgan fingerprint density at radius 2 is 2.05 bits per heavy atom. The van der Waals surface area contributed by atoms with Crippen LogP contribution in [0.5, 0.6) is 5.75 Å². The molecule has 1 N–H and O–H groups in total. The molecule has 1 aromatic carbocycles. The summed E-state index contributed by atoms with van der Waals surface area (Å²) in [4.78, 5) is 0. The van der Waals surface area contributed by atoms with E-state index in [0.717, 1.165) is 18.7 Å². The van der Waals surface area contributed by atoms with Gasteiger partial charge in [0.15, 0.2) is 0 Å². The first kappa shape index (κ1) is 14.4. The third-order valence-corrected chi connectivity index (χ3v) is 3.76. The van der Waals surface area contributed by atoms with E-state index in [4.69, 9.17) is 9.47 Å². The molecule has 2 rings (SSSR count). The van der Waals surface area contributed by atoms with Crippen LogP contribution in [-0.4, -0.2) is 24.4 Å². The molecule has 3 nitrogen and oxygen atoms in total. The van der Waals surface area contributed by atoms with Crippen molar-refractivity contribution in [1.82, 2.24) is 5.32 Å². The molecule has 1 aromatic rings. The molecule has 1 aliphatic heterocycles. The van der Waals surface area contributed by atoms with Gasteiger partial charge in [-0.05, 0) is 51.8 Å². The summed E-state index contributed by atoms with van der Waals surface area (Å²) in [6.07, 6.45) is 1.03. The Labute approximate surface area is 116 Å². The fourth-order valence-corrected chi connectivity index (χ4v) is 2.90. The average molecular weight is 263 g/mol. The predicted octanol–water partition coefficient (Wildman–Crippen LogP) is 3.13. The number of hydrogen-bond donors (Lipinski definition) is 1. The zero-order valence-corrected chi connectivity index (χ0v) is 12.6. The highest BCUT2D eigenvalue weighted by Gasteiger charge is 2.45. The summed E-state index contributed by atoms with van der Waals surface area (Å²) < 4.78 is 11.3. The van der Waals surface area contributed by atoms with Crippen molar-refractivity contribution in [2.75, 3.05) is 7.11 Å². The van der Waals surface area contributed by atoms with Crippen LogP contribution in [0.1, 0.15) is 39.7 Å². The Balaban J connectivity index is 1.98. The second-order valence-electron chi connectivity index (χ2n) is 6.45. The van der Waals surface area contributed by atoms with E-state index in [-0.39, 0.29) is 11.2 Å². The van der Waals surface area contributed by atoms with Crippen molar-refractivity contribution in [3.05, 3.63) is 29.8 Å². The summed E-state index contributed by atoms with van der Waals surface area (Å²) in [5.41, 5.74) is 1.07. The van der Waals surface area contributed by atoms with Crippen molar-refractivity contribution in [3.63, 3.8) is 0 Å². The maximum absolute atomic E-state index is 6.09. The minimum atomic E-state index is -0.123. The topological polar surface area (TPSA) is 30.5 Å². The van der Waals surface area contributed by atoms with Gasteiger partial charge in [-0.25, -0.2) is 0 Å². The Morgan fingerprint density at radius 3 is 2.63 bits per heavy atom. The zero-order chi connectivity index (χ0) is 14.1. The maximum Gasteiger partial charge on any atom is 0.119 e. The minimum absolute atomic E-state index is 0.0461. The molecule has 106 valence electrons. The first-order chi connectivity index (χ1) is 8.82. The van der Waals surface area contributed by atoms with Crippen LogP contribution >= 0.6 is 0 Å². The summed E-state index contributed by atoms with van der Waals surface area (Å²) in [5.74, 6) is 0.904. The van der Waals surface area contributed by atoms with Crippen LogP contribution in [0.3, 0.4) is 0 Å². The molecule has 1 atom stereocenters. The molecular weight excluding hydrogens is 238 g/mol. The molecule has 0 amide bonds. The molecule has 0 spiro atoms. The lowest BCUT2D eigenvalue weighted by Gasteiger charge is -2.28. The minimum Gasteiger partial charge on any atom is -0.497 e. The van der Waals surface area contributed by atoms with Gasteiger partial charge in [-0.3, -0.25) is 0 Å². The van der Waals surface area contributed by atoms with Crippen LogP contribution in [0.4, 0.5) is 0 Å². The first-order valence-electron chi connectivity index (χ1n) is 6.89. The quantitative estimate of drug-likeness (QED) is 0.905. The van der Waals surface area contributed by atoms with Crippen LogP contribution in [0.25, 0.3) is 0 Å². The summed E-state index contributed by atoms with van der Waals surface area (Å²) in [6.45, 7) is 9.46. The van der Waals surface area contributed by atoms with Crippen LogP contribution in [-0.2, 0) is 11.3 Å². The lowest BCUT2D eigenvalue weighted by Crippen LogP contribution is -2.42. The molecule has 0 saturated carbocycles. The number of ether oxygens (including phenoxy) is 2. The maximum atomic E-state index is 6.09. The van der Waals surface area contributed by atoms with Gasteiger partial charge in [0.05, 0.1) is 18.3 Å². The van der Waals surface area contributed by atoms with Gasteiger partial charge in [0.1, 0.15) is 5.75 Å². The molecule has 1 aliphatic rings. The summed E-state index contributed by atoms with van der Waals surface area (Å²) >= 11 is 0. The highest BCUT2D eigenvalue weighted by atomic mass is 16.5. The van der Waals surface area contributed by atoms with Crippen molar-refractivity contribution in [3.8, 4) is 5.75 Å². The number of rotatable bonds is 4. The molecule has 19 heavy (non-hydrogen) atoms. The highest BCUT2D eigenvalue weighted by Crippen LogP contribution is 2.37. The van der Waals surface area contributed by atoms with Crippen molar-refractivity contribution < 1.29 is 9.47 Å². The number of benzene rings is 1. The third kappa shape index (κ3) is 3.48. The van der Waals surface area contributed by atoms with Crippen LogP contribution in [0.2, 0.25) is 0 Å². The van der Waals surface area contributed by atoms with Gasteiger partial charge in [0, 0.05) is 12.6 Å². The van der Waals surface area contributed by atoms with E-state index in [1.54, 1.807) is 7.11 Å². The van der Waals surface area contributed by atoms with Crippen molar-refractivity contribution >= 4 is 0 Å². The fraction of sp³-hybridized carbons (Fsp3) is 0.625. The van der Waals surface area contributed by atoms with Crippen molar-refractivity contribution in [1.29, 1.82) is 0 Å². The van der Waals surface area contributed by atoms with E-state index < -0.39 is 0 Å². The largest absolute Gasteiger partial charge is 0.497 e. The van der Waals surface area contributed by atoms with Crippen LogP contribution in [0.15, 0.2) is 24.3 Å². The van der Waals surface area contributed by atoms with Gasteiger partial charge in [-0.2, -0.15) is 0 Å². The Kier molecular flexibility index (Phi) is 3.88. The molecular formula is C16H25NO2. The molecule has 1 saturated heterocycles. The van der Waals surface area contributed by atoms with Crippen molar-refractivity contribution in [2.24, 2.45) is 0 Å². The Morgan fingerprint density at radius 1 is 1.32 bits per heavy atom. The van der Waals surface area contributed by atoms with Crippen LogP contribution in [0, 0.1) is 0 Å². The molecule has 0 aliphatic carbocycles. The van der Waals surface area contributed by atoms with Gasteiger partial charge in [0.2, 0.25) is 0 Å². The highest BCUT2D eigenvalue weighted by molar-refractivity contribution is 5.28. The van der Waals surface area contributed by atoms with Gasteiger partial charge < -0.3 is 14.8 Å². The smallest absolute Gasteiger partial charge is 0.119 e. The van der Waals surface area contributed by atoms with E-state index in [1.165, 1.54) is 5.56 Å². The second-order valence-corrected chi connectivity index (χ2v) is 6.45. The van der Waals surface area contributed by atoms with Gasteiger partial charge in [-0.15, -0.1) is 0 Å². The molecule has 0 bridgehead atoms. The molecule has 1 fully saturated rings. The first-order valence-corrected chi connectivity index (χ1v) is 6.89. The molecule has 1 heterocycles. The Hall–Kier alpha value is -1.06. The monoisotopic (exact) mass is 263 g/mol. The van der Waals surface area contributed by atoms with Gasteiger partial charge >= 0.3 is 0 Å². The lowest BCUT2D eigenvalue weighted by molar-refractivity contribution is -0.0699. The van der Waals surface area contributed by atoms with Gasteiger partial charge in [-0.1, -0.05) is 12.1 Å². The van der Waals surface area contributed by atoms with E-state index in [9.17, 15) is 0 Å². The summed E-state index contributed by atoms with van der Waals surface area (Å²) in [5, 5.41) is 3.61. The number of nitrogens with one attached hydrogen (secondary N) is 1. The summed E-state index contributed by atoms with van der Waals surface area (Å²) in [6, 6.07) is 8.55. The van der Waals surface area contributed by atoms with Gasteiger partial charge in [0.25, 0.3) is 0 Å². The van der Waals surface area contributed by atoms with E-state index in [2.05, 4.69) is 45.1 Å². The van der Waals surface area contributed by atoms with E-state index in [0.29, 0.717) is 6.04 Å². The molecule has 0 radical (unpaired) electrons. The third-order valence-electron chi connectivity index (χ3n) is 3.76. The second kappa shape index (κ2) is 5.14. The number of hydrogen-bond acceptors (Lipinski definition) is 3. The molecule has 1 unspecified atom stereocenters. The zero-order valence-electron chi connectivity index (χ0n) is 12.6. The Bertz CT molecular complexity index is 440. The predicted molar refractivity (Wildman–Crippen MR) is 77.5 cm³/mol. The van der Waals surface area contributed by atoms with E-state index >= 15 is 0 Å². The SMILES string of the molecule is COc1cccc(CNC2CC(C)(C)OC2(C)C)c1. The fourth-order valence-electron chi connectivity index (χ4n) is 2.90. The molecule has 0 aromatic heterocycles. The summed E-state index contributed by atoms with van der Waals surface area (Å²) in [7, 11) is 1.70. The number of methoxy groups -OCH3 is 1. The van der Waals surface area contributed by atoms with E-state index in [1.807, 2.05) is 12.1 Å². The average Bonchev–Trinajstić information content (AvgIpc) is 2.54. The van der Waals surface area contributed by atoms with Crippen molar-refractivity contribution in [2.45, 2.75) is 57.9 Å². The van der Waals surface area contributed by atoms with Crippen LogP contribution < -0.4 is 10.1 Å². The standard InChI is InChI=1S/C16H25NO2/c1-15(2)10-14(16(3,4)19-15)17-11-12-7-6-8-13(9-12)18-5/h6-9,14,17H,10-11H2,1-5H3. The normalized spacial score (nSPS) is 24.4. The lowest BCUT2D eigenvalue weighted by atomic mass is 9.94.